The molecule has 1 N–H and O–H groups in total. The fourth-order valence-electron chi connectivity index (χ4n) is 1.95. The third-order valence-corrected chi connectivity index (χ3v) is 3.97. The van der Waals surface area contributed by atoms with Gasteiger partial charge in [0.1, 0.15) is 5.69 Å². The Hall–Kier alpha value is -2.22. The molecule has 0 fully saturated rings. The fraction of sp³-hybridized carbons (Fsp3) is 0.429. The summed E-state index contributed by atoms with van der Waals surface area (Å²) in [7, 11) is 0. The molecule has 2 aromatic rings. The van der Waals surface area contributed by atoms with Crippen LogP contribution in [-0.4, -0.2) is 34.0 Å². The molecule has 0 aromatic carbocycles. The van der Waals surface area contributed by atoms with Crippen LogP contribution in [0.4, 0.5) is 4.79 Å². The van der Waals surface area contributed by atoms with Crippen LogP contribution in [0, 0.1) is 13.8 Å². The predicted molar refractivity (Wildman–Crippen MR) is 84.1 cm³/mol. The molecule has 0 aliphatic rings. The molecule has 0 atom stereocenters. The molecule has 7 nitrogen and oxygen atoms in total. The van der Waals surface area contributed by atoms with Gasteiger partial charge in [0.05, 0.1) is 28.7 Å². The molecule has 1 amide bonds. The highest BCUT2D eigenvalue weighted by Crippen LogP contribution is 2.27. The van der Waals surface area contributed by atoms with Gasteiger partial charge in [0.25, 0.3) is 5.56 Å². The van der Waals surface area contributed by atoms with Crippen LogP contribution in [0.25, 0.3) is 10.6 Å². The Morgan fingerprint density at radius 2 is 2.18 bits per heavy atom. The first kappa shape index (κ1) is 16.2. The zero-order valence-electron chi connectivity index (χ0n) is 12.8. The Balaban J connectivity index is 2.12. The highest BCUT2D eigenvalue weighted by atomic mass is 32.1. The summed E-state index contributed by atoms with van der Waals surface area (Å²) in [5, 5.41) is 7.86. The number of carbonyl (C=O) groups is 1. The molecule has 0 saturated heterocycles. The van der Waals surface area contributed by atoms with Gasteiger partial charge in [-0.3, -0.25) is 4.79 Å². The van der Waals surface area contributed by atoms with E-state index in [4.69, 9.17) is 4.74 Å². The summed E-state index contributed by atoms with van der Waals surface area (Å²) >= 11 is 1.54. The molecule has 0 saturated carbocycles. The van der Waals surface area contributed by atoms with Gasteiger partial charge >= 0.3 is 6.09 Å². The number of alkyl carbamates (subject to hydrolysis) is 1. The van der Waals surface area contributed by atoms with Crippen molar-refractivity contribution in [2.75, 3.05) is 13.2 Å². The lowest BCUT2D eigenvalue weighted by molar-refractivity contribution is 0.151. The van der Waals surface area contributed by atoms with E-state index in [1.807, 2.05) is 13.8 Å². The first-order chi connectivity index (χ1) is 10.5. The third-order valence-electron chi connectivity index (χ3n) is 2.87. The van der Waals surface area contributed by atoms with Gasteiger partial charge in [0, 0.05) is 12.6 Å². The van der Waals surface area contributed by atoms with E-state index >= 15 is 0 Å². The molecule has 118 valence electrons. The molecule has 8 heteroatoms. The van der Waals surface area contributed by atoms with Gasteiger partial charge in [-0.05, 0) is 26.8 Å². The normalized spacial score (nSPS) is 10.5. The number of carbonyl (C=O) groups excluding carboxylic acids is 1. The SMILES string of the molecule is CCOC(=O)NCCn1nc(-c2sc(C)nc2C)ccc1=O. The molecule has 22 heavy (non-hydrogen) atoms. The quantitative estimate of drug-likeness (QED) is 0.906. The van der Waals surface area contributed by atoms with Crippen molar-refractivity contribution >= 4 is 17.4 Å². The van der Waals surface area contributed by atoms with Crippen LogP contribution in [0.2, 0.25) is 0 Å². The Kier molecular flexibility index (Phi) is 5.26. The maximum Gasteiger partial charge on any atom is 0.407 e. The average molecular weight is 322 g/mol. The van der Waals surface area contributed by atoms with Gasteiger partial charge in [0.15, 0.2) is 0 Å². The van der Waals surface area contributed by atoms with Crippen molar-refractivity contribution in [3.05, 3.63) is 33.2 Å². The minimum atomic E-state index is -0.499. The largest absolute Gasteiger partial charge is 0.450 e. The molecular weight excluding hydrogens is 304 g/mol. The van der Waals surface area contributed by atoms with E-state index in [2.05, 4.69) is 15.4 Å². The number of rotatable bonds is 5. The predicted octanol–water partition coefficient (Wildman–Crippen LogP) is 1.73. The second-order valence-corrected chi connectivity index (χ2v) is 5.78. The zero-order chi connectivity index (χ0) is 16.1. The third kappa shape index (κ3) is 3.91. The Morgan fingerprint density at radius 1 is 1.41 bits per heavy atom. The minimum Gasteiger partial charge on any atom is -0.450 e. The molecule has 2 rings (SSSR count). The van der Waals surface area contributed by atoms with Crippen molar-refractivity contribution in [1.82, 2.24) is 20.1 Å². The summed E-state index contributed by atoms with van der Waals surface area (Å²) in [5.74, 6) is 0. The van der Waals surface area contributed by atoms with Gasteiger partial charge in [-0.25, -0.2) is 14.5 Å². The summed E-state index contributed by atoms with van der Waals surface area (Å²) in [4.78, 5) is 28.4. The van der Waals surface area contributed by atoms with Gasteiger partial charge in [0.2, 0.25) is 0 Å². The molecule has 0 aliphatic heterocycles. The summed E-state index contributed by atoms with van der Waals surface area (Å²) in [6.07, 6.45) is -0.499. The first-order valence-corrected chi connectivity index (χ1v) is 7.76. The zero-order valence-corrected chi connectivity index (χ0v) is 13.6. The Morgan fingerprint density at radius 3 is 2.82 bits per heavy atom. The molecule has 0 spiro atoms. The number of amides is 1. The maximum absolute atomic E-state index is 11.8. The molecule has 0 aliphatic carbocycles. The van der Waals surface area contributed by atoms with Crippen molar-refractivity contribution in [2.45, 2.75) is 27.3 Å². The molecule has 2 heterocycles. The summed E-state index contributed by atoms with van der Waals surface area (Å²) in [6.45, 7) is 6.44. The van der Waals surface area contributed by atoms with Gasteiger partial charge < -0.3 is 10.1 Å². The summed E-state index contributed by atoms with van der Waals surface area (Å²) < 4.78 is 6.09. The van der Waals surface area contributed by atoms with E-state index < -0.39 is 6.09 Å². The van der Waals surface area contributed by atoms with E-state index in [1.54, 1.807) is 13.0 Å². The smallest absolute Gasteiger partial charge is 0.407 e. The lowest BCUT2D eigenvalue weighted by atomic mass is 10.3. The molecule has 2 aromatic heterocycles. The van der Waals surface area contributed by atoms with E-state index in [0.717, 1.165) is 15.6 Å². The number of nitrogens with one attached hydrogen (secondary N) is 1. The highest BCUT2D eigenvalue weighted by molar-refractivity contribution is 7.15. The number of ether oxygens (including phenoxy) is 1. The number of aryl methyl sites for hydroxylation is 2. The van der Waals surface area contributed by atoms with Gasteiger partial charge in [-0.2, -0.15) is 5.10 Å². The fourth-order valence-corrected chi connectivity index (χ4v) is 2.83. The first-order valence-electron chi connectivity index (χ1n) is 6.94. The number of hydrogen-bond donors (Lipinski definition) is 1. The summed E-state index contributed by atoms with van der Waals surface area (Å²) in [5.41, 5.74) is 1.39. The lowest BCUT2D eigenvalue weighted by Crippen LogP contribution is -2.32. The van der Waals surface area contributed by atoms with E-state index in [9.17, 15) is 9.59 Å². The van der Waals surface area contributed by atoms with E-state index in [1.165, 1.54) is 22.1 Å². The molecular formula is C14H18N4O3S. The van der Waals surface area contributed by atoms with Crippen LogP contribution >= 0.6 is 11.3 Å². The summed E-state index contributed by atoms with van der Waals surface area (Å²) in [6, 6.07) is 3.17. The highest BCUT2D eigenvalue weighted by Gasteiger charge is 2.10. The Bertz CT molecular complexity index is 723. The van der Waals surface area contributed by atoms with Crippen molar-refractivity contribution < 1.29 is 9.53 Å². The van der Waals surface area contributed by atoms with Crippen LogP contribution in [0.3, 0.4) is 0 Å². The van der Waals surface area contributed by atoms with Crippen molar-refractivity contribution in [1.29, 1.82) is 0 Å². The van der Waals surface area contributed by atoms with Crippen LogP contribution in [-0.2, 0) is 11.3 Å². The van der Waals surface area contributed by atoms with Crippen molar-refractivity contribution in [3.63, 3.8) is 0 Å². The minimum absolute atomic E-state index is 0.215. The van der Waals surface area contributed by atoms with E-state index in [0.29, 0.717) is 12.3 Å². The van der Waals surface area contributed by atoms with Gasteiger partial charge in [-0.1, -0.05) is 0 Å². The molecule has 0 radical (unpaired) electrons. The van der Waals surface area contributed by atoms with E-state index in [-0.39, 0.29) is 18.6 Å². The topological polar surface area (TPSA) is 86.1 Å². The monoisotopic (exact) mass is 322 g/mol. The van der Waals surface area contributed by atoms with Crippen molar-refractivity contribution in [3.8, 4) is 10.6 Å². The maximum atomic E-state index is 11.8. The van der Waals surface area contributed by atoms with Crippen LogP contribution in [0.1, 0.15) is 17.6 Å². The van der Waals surface area contributed by atoms with Crippen LogP contribution < -0.4 is 10.9 Å². The average Bonchev–Trinajstić information content (AvgIpc) is 2.80. The molecule has 0 unspecified atom stereocenters. The van der Waals surface area contributed by atoms with Crippen molar-refractivity contribution in [2.24, 2.45) is 0 Å². The van der Waals surface area contributed by atoms with Crippen LogP contribution in [0.15, 0.2) is 16.9 Å². The Labute approximate surface area is 132 Å². The number of hydrogen-bond acceptors (Lipinski definition) is 6. The lowest BCUT2D eigenvalue weighted by Gasteiger charge is -2.08. The molecule has 0 bridgehead atoms. The van der Waals surface area contributed by atoms with Gasteiger partial charge in [-0.15, -0.1) is 11.3 Å². The standard InChI is InChI=1S/C14H18N4O3S/c1-4-21-14(20)15-7-8-18-12(19)6-5-11(17-18)13-9(2)16-10(3)22-13/h5-6H,4,7-8H2,1-3H3,(H,15,20). The van der Waals surface area contributed by atoms with Crippen LogP contribution in [0.5, 0.6) is 0 Å². The second kappa shape index (κ2) is 7.17. The number of aromatic nitrogens is 3. The number of nitrogens with zero attached hydrogens (tertiary/aromatic N) is 3. The number of thiazole rings is 1. The second-order valence-electron chi connectivity index (χ2n) is 4.57.